The number of aromatic nitrogens is 1. The van der Waals surface area contributed by atoms with Crippen molar-refractivity contribution in [3.05, 3.63) is 36.0 Å². The van der Waals surface area contributed by atoms with Gasteiger partial charge in [-0.3, -0.25) is 25.2 Å². The molecule has 0 aliphatic carbocycles. The van der Waals surface area contributed by atoms with Crippen LogP contribution in [0.5, 0.6) is 0 Å². The molecule has 0 saturated carbocycles. The Morgan fingerprint density at radius 1 is 1.21 bits per heavy atom. The molecule has 1 aromatic carbocycles. The minimum atomic E-state index is -0.313. The van der Waals surface area contributed by atoms with Crippen molar-refractivity contribution in [2.45, 2.75) is 12.8 Å². The number of amides is 3. The molecule has 0 spiro atoms. The molecule has 7 nitrogen and oxygen atoms in total. The summed E-state index contributed by atoms with van der Waals surface area (Å²) in [7, 11) is 0. The van der Waals surface area contributed by atoms with Crippen LogP contribution in [0.15, 0.2) is 30.5 Å². The summed E-state index contributed by atoms with van der Waals surface area (Å²) in [5, 5.41) is 0.996. The van der Waals surface area contributed by atoms with Crippen LogP contribution in [-0.2, 0) is 16.0 Å². The largest absolute Gasteiger partial charge is 0.361 e. The smallest absolute Gasteiger partial charge is 0.281 e. The zero-order chi connectivity index (χ0) is 16.9. The highest BCUT2D eigenvalue weighted by Gasteiger charge is 2.21. The summed E-state index contributed by atoms with van der Waals surface area (Å²) in [6, 6.07) is 7.72. The number of nitrogens with one attached hydrogen (secondary N) is 3. The van der Waals surface area contributed by atoms with E-state index in [1.165, 1.54) is 11.8 Å². The quantitative estimate of drug-likeness (QED) is 0.714. The third-order valence-corrected chi connectivity index (χ3v) is 4.71. The number of nitrogens with zero attached hydrogens (tertiary/aromatic N) is 1. The van der Waals surface area contributed by atoms with Crippen molar-refractivity contribution in [1.82, 2.24) is 20.7 Å². The first-order chi connectivity index (χ1) is 11.6. The molecule has 0 atom stereocenters. The van der Waals surface area contributed by atoms with Crippen molar-refractivity contribution in [2.24, 2.45) is 0 Å². The summed E-state index contributed by atoms with van der Waals surface area (Å²) < 4.78 is 0. The lowest BCUT2D eigenvalue weighted by molar-refractivity contribution is -0.128. The van der Waals surface area contributed by atoms with Gasteiger partial charge in [-0.05, 0) is 11.6 Å². The van der Waals surface area contributed by atoms with Gasteiger partial charge >= 0.3 is 0 Å². The van der Waals surface area contributed by atoms with E-state index in [1.54, 1.807) is 11.1 Å². The zero-order valence-electron chi connectivity index (χ0n) is 13.0. The number of carbonyl (C=O) groups excluding carboxylic acids is 3. The van der Waals surface area contributed by atoms with E-state index >= 15 is 0 Å². The Bertz CT molecular complexity index is 774. The minimum Gasteiger partial charge on any atom is -0.361 e. The summed E-state index contributed by atoms with van der Waals surface area (Å²) in [4.78, 5) is 39.9. The summed E-state index contributed by atoms with van der Waals surface area (Å²) in [6.07, 6.45) is 2.13. The SMILES string of the molecule is O=C(CCN1CCSC1=O)NNC(=O)Cc1c[nH]c2ccccc12. The number of thioether (sulfide) groups is 1. The Kier molecular flexibility index (Phi) is 5.05. The van der Waals surface area contributed by atoms with Gasteiger partial charge in [-0.15, -0.1) is 0 Å². The summed E-state index contributed by atoms with van der Waals surface area (Å²) in [6.45, 7) is 1.04. The monoisotopic (exact) mass is 346 g/mol. The first kappa shape index (κ1) is 16.4. The van der Waals surface area contributed by atoms with Crippen LogP contribution < -0.4 is 10.9 Å². The molecule has 3 amide bonds. The molecule has 1 aliphatic rings. The second-order valence-corrected chi connectivity index (χ2v) is 6.53. The number of benzene rings is 1. The van der Waals surface area contributed by atoms with Gasteiger partial charge in [0.1, 0.15) is 0 Å². The molecular weight excluding hydrogens is 328 g/mol. The van der Waals surface area contributed by atoms with Gasteiger partial charge in [0.15, 0.2) is 0 Å². The van der Waals surface area contributed by atoms with E-state index in [0.29, 0.717) is 13.1 Å². The van der Waals surface area contributed by atoms with Crippen LogP contribution >= 0.6 is 11.8 Å². The number of aromatic amines is 1. The third kappa shape index (κ3) is 3.88. The van der Waals surface area contributed by atoms with Crippen molar-refractivity contribution in [1.29, 1.82) is 0 Å². The van der Waals surface area contributed by atoms with Crippen LogP contribution in [0.3, 0.4) is 0 Å². The number of para-hydroxylation sites is 1. The van der Waals surface area contributed by atoms with E-state index in [-0.39, 0.29) is 29.9 Å². The number of rotatable bonds is 5. The Labute approximate surface area is 143 Å². The maximum Gasteiger partial charge on any atom is 0.281 e. The van der Waals surface area contributed by atoms with E-state index < -0.39 is 0 Å². The van der Waals surface area contributed by atoms with Gasteiger partial charge in [-0.1, -0.05) is 30.0 Å². The Balaban J connectivity index is 1.43. The van der Waals surface area contributed by atoms with E-state index in [9.17, 15) is 14.4 Å². The molecule has 3 rings (SSSR count). The normalized spacial score (nSPS) is 14.2. The van der Waals surface area contributed by atoms with Crippen LogP contribution in [0.4, 0.5) is 4.79 Å². The second-order valence-electron chi connectivity index (χ2n) is 5.48. The van der Waals surface area contributed by atoms with Crippen molar-refractivity contribution in [3.63, 3.8) is 0 Å². The predicted octanol–water partition coefficient (Wildman–Crippen LogP) is 1.42. The minimum absolute atomic E-state index is 0.00571. The van der Waals surface area contributed by atoms with Crippen molar-refractivity contribution < 1.29 is 14.4 Å². The molecule has 126 valence electrons. The highest BCUT2D eigenvalue weighted by molar-refractivity contribution is 8.13. The third-order valence-electron chi connectivity index (χ3n) is 3.82. The lowest BCUT2D eigenvalue weighted by atomic mass is 10.1. The van der Waals surface area contributed by atoms with Gasteiger partial charge in [0, 0.05) is 42.4 Å². The molecular formula is C16H18N4O3S. The Morgan fingerprint density at radius 3 is 2.79 bits per heavy atom. The molecule has 8 heteroatoms. The average Bonchev–Trinajstić information content (AvgIpc) is 3.18. The molecule has 1 aromatic heterocycles. The van der Waals surface area contributed by atoms with Crippen molar-refractivity contribution in [2.75, 3.05) is 18.8 Å². The van der Waals surface area contributed by atoms with Crippen LogP contribution in [0.25, 0.3) is 10.9 Å². The van der Waals surface area contributed by atoms with Gasteiger partial charge in [0.2, 0.25) is 11.8 Å². The maximum absolute atomic E-state index is 12.0. The maximum atomic E-state index is 12.0. The van der Waals surface area contributed by atoms with Crippen LogP contribution in [0.1, 0.15) is 12.0 Å². The van der Waals surface area contributed by atoms with Gasteiger partial charge in [-0.25, -0.2) is 0 Å². The lowest BCUT2D eigenvalue weighted by Gasteiger charge is -2.14. The molecule has 1 fully saturated rings. The standard InChI is InChI=1S/C16H18N4O3S/c21-14(5-6-20-7-8-24-16(20)23)18-19-15(22)9-11-10-17-13-4-2-1-3-12(11)13/h1-4,10,17H,5-9H2,(H,18,21)(H,19,22). The molecule has 3 N–H and O–H groups in total. The fraction of sp³-hybridized carbons (Fsp3) is 0.312. The molecule has 24 heavy (non-hydrogen) atoms. The number of carbonyl (C=O) groups is 3. The number of H-pyrrole nitrogens is 1. The Hall–Kier alpha value is -2.48. The lowest BCUT2D eigenvalue weighted by Crippen LogP contribution is -2.43. The zero-order valence-corrected chi connectivity index (χ0v) is 13.8. The molecule has 2 heterocycles. The Morgan fingerprint density at radius 2 is 2.00 bits per heavy atom. The van der Waals surface area contributed by atoms with E-state index in [4.69, 9.17) is 0 Å². The molecule has 1 aliphatic heterocycles. The van der Waals surface area contributed by atoms with E-state index in [0.717, 1.165) is 22.2 Å². The fourth-order valence-corrected chi connectivity index (χ4v) is 3.41. The predicted molar refractivity (Wildman–Crippen MR) is 92.3 cm³/mol. The van der Waals surface area contributed by atoms with Gasteiger partial charge in [0.05, 0.1) is 6.42 Å². The van der Waals surface area contributed by atoms with Gasteiger partial charge < -0.3 is 9.88 Å². The van der Waals surface area contributed by atoms with E-state index in [1.807, 2.05) is 24.3 Å². The summed E-state index contributed by atoms with van der Waals surface area (Å²) >= 11 is 1.26. The average molecular weight is 346 g/mol. The van der Waals surface area contributed by atoms with Crippen LogP contribution in [0, 0.1) is 0 Å². The molecule has 1 saturated heterocycles. The highest BCUT2D eigenvalue weighted by atomic mass is 32.2. The van der Waals surface area contributed by atoms with Gasteiger partial charge in [0.25, 0.3) is 5.24 Å². The number of hydrazine groups is 1. The van der Waals surface area contributed by atoms with Crippen LogP contribution in [0.2, 0.25) is 0 Å². The summed E-state index contributed by atoms with van der Waals surface area (Å²) in [5.41, 5.74) is 6.64. The number of hydrogen-bond donors (Lipinski definition) is 3. The molecule has 0 bridgehead atoms. The number of hydrogen-bond acceptors (Lipinski definition) is 4. The molecule has 2 aromatic rings. The van der Waals surface area contributed by atoms with E-state index in [2.05, 4.69) is 15.8 Å². The first-order valence-electron chi connectivity index (χ1n) is 7.68. The fourth-order valence-electron chi connectivity index (χ4n) is 2.56. The van der Waals surface area contributed by atoms with Crippen LogP contribution in [-0.4, -0.2) is 45.8 Å². The first-order valence-corrected chi connectivity index (χ1v) is 8.66. The second kappa shape index (κ2) is 7.39. The highest BCUT2D eigenvalue weighted by Crippen LogP contribution is 2.18. The molecule has 0 unspecified atom stereocenters. The van der Waals surface area contributed by atoms with Crippen molar-refractivity contribution >= 4 is 39.7 Å². The van der Waals surface area contributed by atoms with Crippen molar-refractivity contribution in [3.8, 4) is 0 Å². The summed E-state index contributed by atoms with van der Waals surface area (Å²) in [5.74, 6) is 0.162. The molecule has 0 radical (unpaired) electrons. The topological polar surface area (TPSA) is 94.3 Å². The number of fused-ring (bicyclic) bond motifs is 1. The van der Waals surface area contributed by atoms with Gasteiger partial charge in [-0.2, -0.15) is 0 Å².